The smallest absolute Gasteiger partial charge is 0.343 e. The summed E-state index contributed by atoms with van der Waals surface area (Å²) in [5.74, 6) is -0.603. The summed E-state index contributed by atoms with van der Waals surface area (Å²) >= 11 is 5.36. The van der Waals surface area contributed by atoms with Gasteiger partial charge in [0.25, 0.3) is 5.91 Å². The minimum atomic E-state index is -0.543. The van der Waals surface area contributed by atoms with Crippen molar-refractivity contribution in [1.82, 2.24) is 15.1 Å². The zero-order valence-electron chi connectivity index (χ0n) is 17.2. The van der Waals surface area contributed by atoms with Crippen molar-refractivity contribution in [2.75, 3.05) is 11.9 Å². The van der Waals surface area contributed by atoms with E-state index in [-0.39, 0.29) is 23.2 Å². The maximum Gasteiger partial charge on any atom is 0.343 e. The van der Waals surface area contributed by atoms with Gasteiger partial charge in [-0.2, -0.15) is 5.10 Å². The van der Waals surface area contributed by atoms with Gasteiger partial charge in [0.15, 0.2) is 10.9 Å². The normalized spacial score (nSPS) is 10.5. The molecule has 0 aliphatic heterocycles. The molecule has 7 nitrogen and oxygen atoms in total. The molecule has 0 aliphatic rings. The second-order valence-electron chi connectivity index (χ2n) is 6.81. The molecule has 0 spiro atoms. The summed E-state index contributed by atoms with van der Waals surface area (Å²) in [5, 5.41) is 12.0. The summed E-state index contributed by atoms with van der Waals surface area (Å²) in [6.45, 7) is 1.94. The molecule has 1 amide bonds. The number of nitrogens with zero attached hydrogens (tertiary/aromatic N) is 2. The Morgan fingerprint density at radius 2 is 1.72 bits per heavy atom. The van der Waals surface area contributed by atoms with Crippen molar-refractivity contribution in [2.24, 2.45) is 0 Å². The first-order valence-corrected chi connectivity index (χ1v) is 10.4. The van der Waals surface area contributed by atoms with Gasteiger partial charge in [0.1, 0.15) is 5.56 Å². The summed E-state index contributed by atoms with van der Waals surface area (Å²) < 4.78 is 6.75. The van der Waals surface area contributed by atoms with Gasteiger partial charge in [-0.3, -0.25) is 10.1 Å². The van der Waals surface area contributed by atoms with Crippen LogP contribution in [0.5, 0.6) is 0 Å². The predicted octanol–water partition coefficient (Wildman–Crippen LogP) is 4.33. The lowest BCUT2D eigenvalue weighted by Crippen LogP contribution is -2.35. The number of fused-ring (bicyclic) bond motifs is 1. The third-order valence-electron chi connectivity index (χ3n) is 4.75. The third-order valence-corrected chi connectivity index (χ3v) is 4.96. The van der Waals surface area contributed by atoms with Gasteiger partial charge < -0.3 is 10.1 Å². The Morgan fingerprint density at radius 3 is 2.50 bits per heavy atom. The van der Waals surface area contributed by atoms with Gasteiger partial charge >= 0.3 is 5.97 Å². The Labute approximate surface area is 190 Å². The van der Waals surface area contributed by atoms with E-state index in [1.54, 1.807) is 35.9 Å². The molecule has 0 saturated heterocycles. The fourth-order valence-corrected chi connectivity index (χ4v) is 3.50. The predicted molar refractivity (Wildman–Crippen MR) is 127 cm³/mol. The zero-order valence-corrected chi connectivity index (χ0v) is 18.1. The van der Waals surface area contributed by atoms with Gasteiger partial charge in [0.05, 0.1) is 18.5 Å². The van der Waals surface area contributed by atoms with Crippen LogP contribution in [0, 0.1) is 0 Å². The average molecular weight is 445 g/mol. The van der Waals surface area contributed by atoms with Crippen LogP contribution in [0.2, 0.25) is 0 Å². The van der Waals surface area contributed by atoms with E-state index >= 15 is 0 Å². The number of hydrogen-bond acceptors (Lipinski definition) is 5. The van der Waals surface area contributed by atoms with Gasteiger partial charge in [-0.05, 0) is 42.7 Å². The molecule has 0 aliphatic carbocycles. The van der Waals surface area contributed by atoms with E-state index in [1.165, 1.54) is 6.20 Å². The maximum absolute atomic E-state index is 12.6. The molecule has 32 heavy (non-hydrogen) atoms. The van der Waals surface area contributed by atoms with Gasteiger partial charge in [-0.1, -0.05) is 54.6 Å². The fraction of sp³-hybridized carbons (Fsp3) is 0.0833. The fourth-order valence-electron chi connectivity index (χ4n) is 3.31. The van der Waals surface area contributed by atoms with Crippen molar-refractivity contribution < 1.29 is 14.3 Å². The van der Waals surface area contributed by atoms with Crippen molar-refractivity contribution in [2.45, 2.75) is 6.92 Å². The summed E-state index contributed by atoms with van der Waals surface area (Å²) in [4.78, 5) is 25.0. The van der Waals surface area contributed by atoms with Crippen LogP contribution in [0.15, 0.2) is 79.0 Å². The number of thiocarbonyl (C=S) groups is 1. The van der Waals surface area contributed by atoms with Crippen LogP contribution in [0.3, 0.4) is 0 Å². The van der Waals surface area contributed by atoms with Crippen LogP contribution >= 0.6 is 12.2 Å². The molecule has 3 aromatic carbocycles. The van der Waals surface area contributed by atoms with E-state index in [1.807, 2.05) is 48.5 Å². The maximum atomic E-state index is 12.6. The topological polar surface area (TPSA) is 85.2 Å². The van der Waals surface area contributed by atoms with E-state index in [9.17, 15) is 9.59 Å². The standard InChI is InChI=1S/C24H20N4O3S/c1-2-31-23(30)19-15-25-28(20-14-8-12-16-9-6-7-13-18(16)20)21(19)26-24(32)27-22(29)17-10-4-3-5-11-17/h3-15H,2H2,1H3,(H2,26,27,29,32). The SMILES string of the molecule is CCOC(=O)c1cnn(-c2cccc3ccccc23)c1NC(=S)NC(=O)c1ccccc1. The number of carbonyl (C=O) groups excluding carboxylic acids is 2. The number of rotatable bonds is 5. The van der Waals surface area contributed by atoms with E-state index in [0.29, 0.717) is 11.4 Å². The van der Waals surface area contributed by atoms with Gasteiger partial charge in [0.2, 0.25) is 0 Å². The Balaban J connectivity index is 1.71. The van der Waals surface area contributed by atoms with E-state index < -0.39 is 5.97 Å². The highest BCUT2D eigenvalue weighted by Gasteiger charge is 2.22. The largest absolute Gasteiger partial charge is 0.462 e. The lowest BCUT2D eigenvalue weighted by Gasteiger charge is -2.15. The summed E-state index contributed by atoms with van der Waals surface area (Å²) in [6.07, 6.45) is 1.42. The van der Waals surface area contributed by atoms with Crippen LogP contribution in [-0.4, -0.2) is 33.4 Å². The molecule has 1 heterocycles. The molecule has 0 radical (unpaired) electrons. The summed E-state index contributed by atoms with van der Waals surface area (Å²) in [6, 6.07) is 22.3. The van der Waals surface area contributed by atoms with E-state index in [4.69, 9.17) is 17.0 Å². The molecule has 0 fully saturated rings. The zero-order chi connectivity index (χ0) is 22.5. The number of carbonyl (C=O) groups is 2. The van der Waals surface area contributed by atoms with Crippen LogP contribution < -0.4 is 10.6 Å². The number of ether oxygens (including phenoxy) is 1. The highest BCUT2D eigenvalue weighted by molar-refractivity contribution is 7.80. The number of anilines is 1. The molecule has 8 heteroatoms. The second-order valence-corrected chi connectivity index (χ2v) is 7.22. The molecule has 4 rings (SSSR count). The van der Waals surface area contributed by atoms with Crippen molar-refractivity contribution in [1.29, 1.82) is 0 Å². The average Bonchev–Trinajstić information content (AvgIpc) is 3.22. The molecule has 0 saturated carbocycles. The Hall–Kier alpha value is -4.04. The number of aromatic nitrogens is 2. The molecule has 0 bridgehead atoms. The molecular formula is C24H20N4O3S. The molecule has 4 aromatic rings. The number of nitrogens with one attached hydrogen (secondary N) is 2. The Bertz CT molecular complexity index is 1300. The van der Waals surface area contributed by atoms with Crippen molar-refractivity contribution in [3.8, 4) is 5.69 Å². The quantitative estimate of drug-likeness (QED) is 0.352. The first-order valence-electron chi connectivity index (χ1n) is 9.99. The first kappa shape index (κ1) is 21.2. The lowest BCUT2D eigenvalue weighted by molar-refractivity contribution is 0.0527. The summed E-state index contributed by atoms with van der Waals surface area (Å²) in [5.41, 5.74) is 1.42. The highest BCUT2D eigenvalue weighted by atomic mass is 32.1. The lowest BCUT2D eigenvalue weighted by atomic mass is 10.1. The van der Waals surface area contributed by atoms with Crippen molar-refractivity contribution in [3.63, 3.8) is 0 Å². The molecule has 1 aromatic heterocycles. The highest BCUT2D eigenvalue weighted by Crippen LogP contribution is 2.27. The molecule has 0 unspecified atom stereocenters. The van der Waals surface area contributed by atoms with Crippen LogP contribution in [-0.2, 0) is 4.74 Å². The van der Waals surface area contributed by atoms with Crippen LogP contribution in [0.4, 0.5) is 5.82 Å². The second kappa shape index (κ2) is 9.40. The van der Waals surface area contributed by atoms with Gasteiger partial charge in [0, 0.05) is 10.9 Å². The Kier molecular flexibility index (Phi) is 6.23. The van der Waals surface area contributed by atoms with Crippen LogP contribution in [0.1, 0.15) is 27.6 Å². The van der Waals surface area contributed by atoms with Gasteiger partial charge in [-0.25, -0.2) is 9.48 Å². The van der Waals surface area contributed by atoms with Crippen molar-refractivity contribution in [3.05, 3.63) is 90.1 Å². The van der Waals surface area contributed by atoms with Crippen molar-refractivity contribution >= 4 is 45.8 Å². The number of benzene rings is 3. The third kappa shape index (κ3) is 4.35. The first-order chi connectivity index (χ1) is 15.6. The number of amides is 1. The summed E-state index contributed by atoms with van der Waals surface area (Å²) in [7, 11) is 0. The molecule has 2 N–H and O–H groups in total. The number of hydrogen-bond donors (Lipinski definition) is 2. The Morgan fingerprint density at radius 1 is 1.00 bits per heavy atom. The minimum absolute atomic E-state index is 0.0337. The monoisotopic (exact) mass is 444 g/mol. The number of esters is 1. The molecule has 160 valence electrons. The van der Waals surface area contributed by atoms with E-state index in [2.05, 4.69) is 15.7 Å². The molecule has 0 atom stereocenters. The molecular weight excluding hydrogens is 424 g/mol. The minimum Gasteiger partial charge on any atom is -0.462 e. The van der Waals surface area contributed by atoms with E-state index in [0.717, 1.165) is 16.5 Å². The van der Waals surface area contributed by atoms with Crippen LogP contribution in [0.25, 0.3) is 16.5 Å². The van der Waals surface area contributed by atoms with Gasteiger partial charge in [-0.15, -0.1) is 0 Å².